The molecule has 1 saturated heterocycles. The molecular weight excluding hydrogens is 438 g/mol. The Bertz CT molecular complexity index is 1170. The monoisotopic (exact) mass is 457 g/mol. The summed E-state index contributed by atoms with van der Waals surface area (Å²) in [5.74, 6) is -1.79. The molecule has 1 aromatic carbocycles. The van der Waals surface area contributed by atoms with E-state index < -0.39 is 31.9 Å². The predicted octanol–water partition coefficient (Wildman–Crippen LogP) is -0.0591. The molecule has 0 saturated carbocycles. The first kappa shape index (κ1) is 22.0. The average molecular weight is 457 g/mol. The summed E-state index contributed by atoms with van der Waals surface area (Å²) in [6.45, 7) is 0.889. The molecule has 0 atom stereocenters. The number of sulfonamides is 2. The van der Waals surface area contributed by atoms with Crippen LogP contribution >= 0.6 is 0 Å². The zero-order valence-electron chi connectivity index (χ0n) is 15.8. The normalized spacial score (nSPS) is 15.5. The Morgan fingerprint density at radius 2 is 1.80 bits per heavy atom. The standard InChI is InChI=1S/C17H19N3O8S2/c1-27-17(22)12-3-2-4-13(9-12)29(23,24)19-16(21)15-10-14(11-18-15)30(25,26)20-5-7-28-8-6-20/h2-4,9-11,18H,5-8H2,1H3,(H,19,21). The Morgan fingerprint density at radius 3 is 2.47 bits per heavy atom. The molecule has 2 N–H and O–H groups in total. The number of aromatic nitrogens is 1. The second kappa shape index (κ2) is 8.55. The van der Waals surface area contributed by atoms with E-state index in [0.717, 1.165) is 25.4 Å². The van der Waals surface area contributed by atoms with Crippen LogP contribution in [-0.4, -0.2) is 71.4 Å². The van der Waals surface area contributed by atoms with Crippen molar-refractivity contribution in [1.29, 1.82) is 0 Å². The second-order valence-electron chi connectivity index (χ2n) is 6.22. The highest BCUT2D eigenvalue weighted by atomic mass is 32.2. The fourth-order valence-electron chi connectivity index (χ4n) is 2.73. The van der Waals surface area contributed by atoms with Crippen LogP contribution in [0.4, 0.5) is 0 Å². The van der Waals surface area contributed by atoms with Crippen molar-refractivity contribution in [3.05, 3.63) is 47.8 Å². The van der Waals surface area contributed by atoms with E-state index in [0.29, 0.717) is 0 Å². The van der Waals surface area contributed by atoms with Crippen LogP contribution in [0.3, 0.4) is 0 Å². The Hall–Kier alpha value is -2.74. The SMILES string of the molecule is COC(=O)c1cccc(S(=O)(=O)NC(=O)c2cc(S(=O)(=O)N3CCOCC3)c[nH]2)c1. The quantitative estimate of drug-likeness (QED) is 0.573. The molecule has 2 aromatic rings. The summed E-state index contributed by atoms with van der Waals surface area (Å²) >= 11 is 0. The van der Waals surface area contributed by atoms with Crippen LogP contribution in [0.5, 0.6) is 0 Å². The summed E-state index contributed by atoms with van der Waals surface area (Å²) in [5, 5.41) is 0. The third-order valence-corrected chi connectivity index (χ3v) is 7.51. The van der Waals surface area contributed by atoms with Gasteiger partial charge in [0.05, 0.1) is 30.8 Å². The number of methoxy groups -OCH3 is 1. The minimum absolute atomic E-state index is 0.00779. The van der Waals surface area contributed by atoms with Crippen molar-refractivity contribution in [3.8, 4) is 0 Å². The van der Waals surface area contributed by atoms with E-state index in [4.69, 9.17) is 4.74 Å². The van der Waals surface area contributed by atoms with Crippen molar-refractivity contribution in [2.75, 3.05) is 33.4 Å². The third-order valence-electron chi connectivity index (χ3n) is 4.30. The highest BCUT2D eigenvalue weighted by Crippen LogP contribution is 2.19. The Kier molecular flexibility index (Phi) is 6.26. The number of carbonyl (C=O) groups is 2. The molecule has 1 amide bonds. The highest BCUT2D eigenvalue weighted by Gasteiger charge is 2.29. The van der Waals surface area contributed by atoms with Gasteiger partial charge in [0.2, 0.25) is 10.0 Å². The van der Waals surface area contributed by atoms with Crippen LogP contribution in [-0.2, 0) is 29.5 Å². The molecule has 0 unspecified atom stereocenters. The van der Waals surface area contributed by atoms with Crippen LogP contribution in [0, 0.1) is 0 Å². The third kappa shape index (κ3) is 4.53. The molecule has 13 heteroatoms. The van der Waals surface area contributed by atoms with Gasteiger partial charge in [0.25, 0.3) is 15.9 Å². The lowest BCUT2D eigenvalue weighted by Crippen LogP contribution is -2.40. The first-order chi connectivity index (χ1) is 14.1. The van der Waals surface area contributed by atoms with E-state index >= 15 is 0 Å². The van der Waals surface area contributed by atoms with Gasteiger partial charge in [-0.25, -0.2) is 26.4 Å². The number of H-pyrrole nitrogens is 1. The van der Waals surface area contributed by atoms with Gasteiger partial charge in [0.1, 0.15) is 10.6 Å². The fraction of sp³-hybridized carbons (Fsp3) is 0.294. The topological polar surface area (TPSA) is 152 Å². The van der Waals surface area contributed by atoms with Crippen LogP contribution in [0.2, 0.25) is 0 Å². The Balaban J connectivity index is 1.79. The number of aromatic amines is 1. The number of hydrogen-bond acceptors (Lipinski definition) is 8. The molecule has 0 spiro atoms. The minimum atomic E-state index is -4.32. The summed E-state index contributed by atoms with van der Waals surface area (Å²) in [7, 11) is -7.02. The van der Waals surface area contributed by atoms with Crippen LogP contribution in [0.15, 0.2) is 46.3 Å². The molecule has 0 radical (unpaired) electrons. The van der Waals surface area contributed by atoms with Crippen LogP contribution in [0.25, 0.3) is 0 Å². The molecule has 1 fully saturated rings. The van der Waals surface area contributed by atoms with Crippen molar-refractivity contribution in [2.24, 2.45) is 0 Å². The summed E-state index contributed by atoms with van der Waals surface area (Å²) in [5.41, 5.74) is -0.263. The first-order valence-corrected chi connectivity index (χ1v) is 11.6. The summed E-state index contributed by atoms with van der Waals surface area (Å²) in [4.78, 5) is 26.0. The number of amides is 1. The zero-order valence-corrected chi connectivity index (χ0v) is 17.5. The number of rotatable bonds is 6. The molecule has 2 heterocycles. The van der Waals surface area contributed by atoms with E-state index in [1.165, 1.54) is 22.5 Å². The molecule has 0 bridgehead atoms. The van der Waals surface area contributed by atoms with E-state index in [1.807, 2.05) is 4.72 Å². The van der Waals surface area contributed by atoms with Crippen molar-refractivity contribution in [1.82, 2.24) is 14.0 Å². The van der Waals surface area contributed by atoms with Gasteiger partial charge in [0, 0.05) is 19.3 Å². The largest absolute Gasteiger partial charge is 0.465 e. The van der Waals surface area contributed by atoms with Crippen molar-refractivity contribution in [3.63, 3.8) is 0 Å². The van der Waals surface area contributed by atoms with Crippen LogP contribution in [0.1, 0.15) is 20.8 Å². The maximum Gasteiger partial charge on any atom is 0.337 e. The number of nitrogens with one attached hydrogen (secondary N) is 2. The maximum atomic E-state index is 12.6. The van der Waals surface area contributed by atoms with Gasteiger partial charge < -0.3 is 14.5 Å². The smallest absolute Gasteiger partial charge is 0.337 e. The second-order valence-corrected chi connectivity index (χ2v) is 9.84. The number of ether oxygens (including phenoxy) is 2. The summed E-state index contributed by atoms with van der Waals surface area (Å²) in [6.07, 6.45) is 1.12. The molecule has 1 aliphatic heterocycles. The highest BCUT2D eigenvalue weighted by molar-refractivity contribution is 7.90. The van der Waals surface area contributed by atoms with Gasteiger partial charge in [0.15, 0.2) is 0 Å². The van der Waals surface area contributed by atoms with E-state index in [1.54, 1.807) is 0 Å². The van der Waals surface area contributed by atoms with Gasteiger partial charge in [-0.3, -0.25) is 4.79 Å². The average Bonchev–Trinajstić information content (AvgIpc) is 3.25. The number of benzene rings is 1. The first-order valence-electron chi connectivity index (χ1n) is 8.67. The fourth-order valence-corrected chi connectivity index (χ4v) is 5.15. The van der Waals surface area contributed by atoms with Crippen molar-refractivity contribution >= 4 is 31.9 Å². The van der Waals surface area contributed by atoms with Gasteiger partial charge in [-0.05, 0) is 24.3 Å². The lowest BCUT2D eigenvalue weighted by Gasteiger charge is -2.25. The van der Waals surface area contributed by atoms with E-state index in [-0.39, 0.29) is 47.4 Å². The molecule has 3 rings (SSSR count). The van der Waals surface area contributed by atoms with Gasteiger partial charge >= 0.3 is 5.97 Å². The lowest BCUT2D eigenvalue weighted by atomic mass is 10.2. The van der Waals surface area contributed by atoms with E-state index in [9.17, 15) is 26.4 Å². The van der Waals surface area contributed by atoms with E-state index in [2.05, 4.69) is 9.72 Å². The molecule has 1 aliphatic rings. The van der Waals surface area contributed by atoms with Gasteiger partial charge in [-0.1, -0.05) is 6.07 Å². The minimum Gasteiger partial charge on any atom is -0.465 e. The summed E-state index contributed by atoms with van der Waals surface area (Å²) < 4.78 is 62.9. The molecule has 11 nitrogen and oxygen atoms in total. The number of morpholine rings is 1. The van der Waals surface area contributed by atoms with Crippen molar-refractivity contribution < 1.29 is 35.9 Å². The van der Waals surface area contributed by atoms with Gasteiger partial charge in [-0.2, -0.15) is 4.31 Å². The molecule has 30 heavy (non-hydrogen) atoms. The molecule has 1 aromatic heterocycles. The Morgan fingerprint density at radius 1 is 1.10 bits per heavy atom. The van der Waals surface area contributed by atoms with Gasteiger partial charge in [-0.15, -0.1) is 0 Å². The number of nitrogens with zero attached hydrogens (tertiary/aromatic N) is 1. The number of carbonyl (C=O) groups excluding carboxylic acids is 2. The zero-order chi connectivity index (χ0) is 21.9. The molecular formula is C17H19N3O8S2. The predicted molar refractivity (Wildman–Crippen MR) is 103 cm³/mol. The summed E-state index contributed by atoms with van der Waals surface area (Å²) in [6, 6.07) is 6.00. The maximum absolute atomic E-state index is 12.6. The van der Waals surface area contributed by atoms with Crippen molar-refractivity contribution in [2.45, 2.75) is 9.79 Å². The molecule has 162 valence electrons. The number of esters is 1. The molecule has 0 aliphatic carbocycles. The number of hydrogen-bond donors (Lipinski definition) is 2. The lowest BCUT2D eigenvalue weighted by molar-refractivity contribution is 0.0600. The van der Waals surface area contributed by atoms with Crippen LogP contribution < -0.4 is 4.72 Å². The Labute approximate surface area is 173 Å².